The van der Waals surface area contributed by atoms with E-state index in [2.05, 4.69) is 4.98 Å². The molecular weight excluding hydrogens is 292 g/mol. The Bertz CT molecular complexity index is 756. The molecule has 0 aliphatic rings. The predicted octanol–water partition coefficient (Wildman–Crippen LogP) is 2.24. The van der Waals surface area contributed by atoms with Crippen molar-refractivity contribution >= 4 is 28.5 Å². The van der Waals surface area contributed by atoms with Gasteiger partial charge in [0.15, 0.2) is 0 Å². The molecule has 124 valence electrons. The van der Waals surface area contributed by atoms with Crippen LogP contribution in [0, 0.1) is 5.41 Å². The van der Waals surface area contributed by atoms with Crippen LogP contribution in [0.4, 0.5) is 5.82 Å². The highest BCUT2D eigenvalue weighted by molar-refractivity contribution is 6.10. The summed E-state index contributed by atoms with van der Waals surface area (Å²) in [4.78, 5) is 28.3. The van der Waals surface area contributed by atoms with E-state index in [1.54, 1.807) is 18.0 Å². The van der Waals surface area contributed by atoms with E-state index in [1.807, 2.05) is 32.9 Å². The van der Waals surface area contributed by atoms with E-state index in [0.717, 1.165) is 11.1 Å². The number of hydrogen-bond acceptors (Lipinski definition) is 3. The molecule has 6 heteroatoms. The number of nitrogens with zero attached hydrogens (tertiary/aromatic N) is 1. The first-order chi connectivity index (χ1) is 10.6. The summed E-state index contributed by atoms with van der Waals surface area (Å²) in [5, 5.41) is 0.697. The number of benzene rings is 1. The average Bonchev–Trinajstić information content (AvgIpc) is 2.71. The number of carbonyl (C=O) groups is 2. The summed E-state index contributed by atoms with van der Waals surface area (Å²) in [7, 11) is 1.79. The lowest BCUT2D eigenvalue weighted by Gasteiger charge is -2.23. The van der Waals surface area contributed by atoms with Gasteiger partial charge in [-0.2, -0.15) is 0 Å². The Morgan fingerprint density at radius 1 is 1.26 bits per heavy atom. The lowest BCUT2D eigenvalue weighted by molar-refractivity contribution is -0.132. The first-order valence-corrected chi connectivity index (χ1v) is 7.52. The molecule has 1 aromatic heterocycles. The number of carbonyl (C=O) groups excluding carboxylic acids is 2. The van der Waals surface area contributed by atoms with Crippen LogP contribution >= 0.6 is 0 Å². The minimum atomic E-state index is -0.557. The van der Waals surface area contributed by atoms with Crippen LogP contribution in [0.2, 0.25) is 0 Å². The second-order valence-electron chi connectivity index (χ2n) is 7.15. The van der Waals surface area contributed by atoms with Gasteiger partial charge in [-0.3, -0.25) is 9.59 Å². The van der Waals surface area contributed by atoms with Gasteiger partial charge in [0, 0.05) is 30.9 Å². The van der Waals surface area contributed by atoms with Crippen LogP contribution in [0.5, 0.6) is 0 Å². The van der Waals surface area contributed by atoms with Gasteiger partial charge in [0.05, 0.1) is 5.56 Å². The molecule has 0 aliphatic carbocycles. The molecule has 1 heterocycles. The molecule has 0 unspecified atom stereocenters. The van der Waals surface area contributed by atoms with E-state index in [-0.39, 0.29) is 17.1 Å². The van der Waals surface area contributed by atoms with Crippen LogP contribution < -0.4 is 11.5 Å². The number of rotatable bonds is 4. The Morgan fingerprint density at radius 2 is 1.91 bits per heavy atom. The SMILES string of the molecule is CN(Cc1ccc2c(C(N)=O)c(N)[nH]c2c1)C(=O)CC(C)(C)C. The zero-order valence-electron chi connectivity index (χ0n) is 14.1. The highest BCUT2D eigenvalue weighted by Crippen LogP contribution is 2.25. The highest BCUT2D eigenvalue weighted by Gasteiger charge is 2.19. The molecule has 23 heavy (non-hydrogen) atoms. The van der Waals surface area contributed by atoms with Gasteiger partial charge in [0.2, 0.25) is 5.91 Å². The maximum absolute atomic E-state index is 12.2. The van der Waals surface area contributed by atoms with Gasteiger partial charge in [0.25, 0.3) is 5.91 Å². The molecule has 0 atom stereocenters. The Labute approximate surface area is 135 Å². The molecule has 0 saturated heterocycles. The van der Waals surface area contributed by atoms with E-state index in [1.165, 1.54) is 0 Å². The fourth-order valence-electron chi connectivity index (χ4n) is 2.58. The van der Waals surface area contributed by atoms with Gasteiger partial charge in [-0.15, -0.1) is 0 Å². The van der Waals surface area contributed by atoms with Crippen LogP contribution in [-0.4, -0.2) is 28.7 Å². The van der Waals surface area contributed by atoms with Gasteiger partial charge in [-0.05, 0) is 17.0 Å². The number of aromatic amines is 1. The van der Waals surface area contributed by atoms with Gasteiger partial charge in [-0.1, -0.05) is 32.9 Å². The van der Waals surface area contributed by atoms with Crippen LogP contribution in [-0.2, 0) is 11.3 Å². The Kier molecular flexibility index (Phi) is 4.36. The van der Waals surface area contributed by atoms with Crippen molar-refractivity contribution < 1.29 is 9.59 Å². The molecule has 0 bridgehead atoms. The number of hydrogen-bond donors (Lipinski definition) is 3. The van der Waals surface area contributed by atoms with E-state index in [9.17, 15) is 9.59 Å². The molecule has 0 fully saturated rings. The summed E-state index contributed by atoms with van der Waals surface area (Å²) in [5.74, 6) is -0.192. The molecule has 2 rings (SSSR count). The summed E-state index contributed by atoms with van der Waals surface area (Å²) in [6.07, 6.45) is 0.493. The lowest BCUT2D eigenvalue weighted by atomic mass is 9.91. The lowest BCUT2D eigenvalue weighted by Crippen LogP contribution is -2.29. The van der Waals surface area contributed by atoms with Gasteiger partial charge >= 0.3 is 0 Å². The molecule has 1 aromatic carbocycles. The van der Waals surface area contributed by atoms with Crippen molar-refractivity contribution in [3.8, 4) is 0 Å². The third kappa shape index (κ3) is 3.83. The molecule has 2 aromatic rings. The second-order valence-corrected chi connectivity index (χ2v) is 7.15. The van der Waals surface area contributed by atoms with Crippen LogP contribution in [0.25, 0.3) is 10.9 Å². The molecule has 5 N–H and O–H groups in total. The highest BCUT2D eigenvalue weighted by atomic mass is 16.2. The monoisotopic (exact) mass is 316 g/mol. The zero-order chi connectivity index (χ0) is 17.4. The number of H-pyrrole nitrogens is 1. The second kappa shape index (κ2) is 5.95. The third-order valence-corrected chi connectivity index (χ3v) is 3.67. The number of anilines is 1. The van der Waals surface area contributed by atoms with Crippen molar-refractivity contribution in [3.63, 3.8) is 0 Å². The zero-order valence-corrected chi connectivity index (χ0v) is 14.1. The number of fused-ring (bicyclic) bond motifs is 1. The number of aromatic nitrogens is 1. The van der Waals surface area contributed by atoms with Crippen molar-refractivity contribution in [1.29, 1.82) is 0 Å². The molecule has 0 spiro atoms. The summed E-state index contributed by atoms with van der Waals surface area (Å²) < 4.78 is 0. The molecule has 0 radical (unpaired) electrons. The molecule has 0 saturated carbocycles. The van der Waals surface area contributed by atoms with E-state index >= 15 is 0 Å². The van der Waals surface area contributed by atoms with Crippen molar-refractivity contribution in [2.75, 3.05) is 12.8 Å². The molecule has 0 aliphatic heterocycles. The number of primary amides is 1. The molecule has 6 nitrogen and oxygen atoms in total. The maximum atomic E-state index is 12.2. The standard InChI is InChI=1S/C17H24N4O2/c1-17(2,3)8-13(22)21(4)9-10-5-6-11-12(7-10)20-15(18)14(11)16(19)23/h5-7,20H,8-9,18H2,1-4H3,(H2,19,23). The summed E-state index contributed by atoms with van der Waals surface area (Å²) in [6, 6.07) is 5.57. The van der Waals surface area contributed by atoms with Crippen molar-refractivity contribution in [2.45, 2.75) is 33.7 Å². The minimum Gasteiger partial charge on any atom is -0.385 e. The van der Waals surface area contributed by atoms with Gasteiger partial charge in [-0.25, -0.2) is 0 Å². The summed E-state index contributed by atoms with van der Waals surface area (Å²) >= 11 is 0. The first-order valence-electron chi connectivity index (χ1n) is 7.52. The number of nitrogens with one attached hydrogen (secondary N) is 1. The Balaban J connectivity index is 2.22. The fraction of sp³-hybridized carbons (Fsp3) is 0.412. The normalized spacial score (nSPS) is 11.7. The van der Waals surface area contributed by atoms with E-state index in [0.29, 0.717) is 23.9 Å². The smallest absolute Gasteiger partial charge is 0.253 e. The van der Waals surface area contributed by atoms with Crippen LogP contribution in [0.1, 0.15) is 43.1 Å². The first kappa shape index (κ1) is 16.9. The summed E-state index contributed by atoms with van der Waals surface area (Å²) in [6.45, 7) is 6.61. The molecule has 2 amide bonds. The molecular formula is C17H24N4O2. The van der Waals surface area contributed by atoms with Crippen molar-refractivity contribution in [3.05, 3.63) is 29.3 Å². The number of nitrogens with two attached hydrogens (primary N) is 2. The van der Waals surface area contributed by atoms with Crippen molar-refractivity contribution in [1.82, 2.24) is 9.88 Å². The van der Waals surface area contributed by atoms with Crippen LogP contribution in [0.15, 0.2) is 18.2 Å². The number of nitrogen functional groups attached to an aromatic ring is 1. The van der Waals surface area contributed by atoms with E-state index < -0.39 is 5.91 Å². The van der Waals surface area contributed by atoms with Gasteiger partial charge in [0.1, 0.15) is 5.82 Å². The largest absolute Gasteiger partial charge is 0.385 e. The fourth-order valence-corrected chi connectivity index (χ4v) is 2.58. The topological polar surface area (TPSA) is 105 Å². The van der Waals surface area contributed by atoms with Crippen LogP contribution in [0.3, 0.4) is 0 Å². The average molecular weight is 316 g/mol. The van der Waals surface area contributed by atoms with E-state index in [4.69, 9.17) is 11.5 Å². The third-order valence-electron chi connectivity index (χ3n) is 3.67. The predicted molar refractivity (Wildman–Crippen MR) is 91.8 cm³/mol. The maximum Gasteiger partial charge on any atom is 0.253 e. The Hall–Kier alpha value is -2.50. The quantitative estimate of drug-likeness (QED) is 0.805. The van der Waals surface area contributed by atoms with Crippen molar-refractivity contribution in [2.24, 2.45) is 11.1 Å². The summed E-state index contributed by atoms with van der Waals surface area (Å²) in [5.41, 5.74) is 13.1. The number of amides is 2. The Morgan fingerprint density at radius 3 is 2.48 bits per heavy atom. The van der Waals surface area contributed by atoms with Gasteiger partial charge < -0.3 is 21.4 Å². The minimum absolute atomic E-state index is 0.0421.